The number of aromatic nitrogens is 2. The highest BCUT2D eigenvalue weighted by Gasteiger charge is 2.23. The monoisotopic (exact) mass is 449 g/mol. The Balaban J connectivity index is 1.39. The Hall–Kier alpha value is -2.86. The minimum atomic E-state index is -0.274. The van der Waals surface area contributed by atoms with E-state index in [4.69, 9.17) is 14.5 Å². The molecule has 1 N–H and O–H groups in total. The summed E-state index contributed by atoms with van der Waals surface area (Å²) in [5.41, 5.74) is 4.55. The van der Waals surface area contributed by atoms with Crippen molar-refractivity contribution in [3.05, 3.63) is 59.4 Å². The number of aryl methyl sites for hydroxylation is 2. The van der Waals surface area contributed by atoms with Crippen LogP contribution in [0.25, 0.3) is 11.0 Å². The molecule has 0 bridgehead atoms. The number of rotatable bonds is 10. The van der Waals surface area contributed by atoms with E-state index in [1.807, 2.05) is 18.2 Å². The van der Waals surface area contributed by atoms with Gasteiger partial charge in [-0.1, -0.05) is 38.1 Å². The molecule has 0 aliphatic carbocycles. The van der Waals surface area contributed by atoms with Crippen molar-refractivity contribution in [2.45, 2.75) is 65.0 Å². The van der Waals surface area contributed by atoms with Crippen LogP contribution in [0.4, 0.5) is 0 Å². The summed E-state index contributed by atoms with van der Waals surface area (Å²) >= 11 is 0. The van der Waals surface area contributed by atoms with Crippen molar-refractivity contribution < 1.29 is 14.3 Å². The van der Waals surface area contributed by atoms with E-state index in [0.717, 1.165) is 54.8 Å². The van der Waals surface area contributed by atoms with E-state index in [1.54, 1.807) is 0 Å². The molecule has 4 rings (SSSR count). The lowest BCUT2D eigenvalue weighted by Crippen LogP contribution is -2.34. The number of hydrogen-bond acceptors (Lipinski definition) is 4. The predicted molar refractivity (Wildman–Crippen MR) is 131 cm³/mol. The first-order valence-corrected chi connectivity index (χ1v) is 12.1. The van der Waals surface area contributed by atoms with Crippen molar-refractivity contribution in [1.29, 1.82) is 0 Å². The molecule has 6 heteroatoms. The van der Waals surface area contributed by atoms with Crippen molar-refractivity contribution in [2.24, 2.45) is 0 Å². The molecule has 1 aliphatic heterocycles. The second kappa shape index (κ2) is 10.8. The van der Waals surface area contributed by atoms with Crippen molar-refractivity contribution in [3.63, 3.8) is 0 Å². The smallest absolute Gasteiger partial charge is 0.249 e. The van der Waals surface area contributed by atoms with Crippen molar-refractivity contribution >= 4 is 16.9 Å². The second-order valence-electron chi connectivity index (χ2n) is 9.11. The van der Waals surface area contributed by atoms with E-state index in [-0.39, 0.29) is 12.0 Å². The van der Waals surface area contributed by atoms with Gasteiger partial charge in [0, 0.05) is 19.6 Å². The zero-order valence-corrected chi connectivity index (χ0v) is 20.0. The number of fused-ring (bicyclic) bond motifs is 1. The number of ether oxygens (including phenoxy) is 2. The Morgan fingerprint density at radius 1 is 1.27 bits per heavy atom. The first kappa shape index (κ1) is 23.3. The topological polar surface area (TPSA) is 65.4 Å². The third-order valence-corrected chi connectivity index (χ3v) is 6.20. The molecule has 0 spiro atoms. The summed E-state index contributed by atoms with van der Waals surface area (Å²) < 4.78 is 14.0. The quantitative estimate of drug-likeness (QED) is 0.453. The van der Waals surface area contributed by atoms with Crippen LogP contribution >= 0.6 is 0 Å². The number of para-hydroxylation sites is 2. The standard InChI is InChI=1S/C27H35N3O3/c1-19(2)21-13-12-20(3)18-25(21)33-17-15-30-23-9-5-4-8-22(23)29-26(30)11-6-14-28-27(31)24-10-7-16-32-24/h4-5,8-9,12-13,18-19,24H,6-7,10-11,14-17H2,1-3H3,(H,28,31). The van der Waals surface area contributed by atoms with Gasteiger partial charge in [0.1, 0.15) is 24.3 Å². The molecule has 1 amide bonds. The van der Waals surface area contributed by atoms with E-state index in [0.29, 0.717) is 25.7 Å². The third-order valence-electron chi connectivity index (χ3n) is 6.20. The van der Waals surface area contributed by atoms with Gasteiger partial charge in [0.05, 0.1) is 17.6 Å². The first-order valence-electron chi connectivity index (χ1n) is 12.1. The molecular weight excluding hydrogens is 414 g/mol. The molecule has 0 saturated carbocycles. The maximum absolute atomic E-state index is 12.2. The van der Waals surface area contributed by atoms with Crippen LogP contribution < -0.4 is 10.1 Å². The van der Waals surface area contributed by atoms with Gasteiger partial charge < -0.3 is 19.4 Å². The lowest BCUT2D eigenvalue weighted by molar-refractivity contribution is -0.130. The maximum atomic E-state index is 12.2. The molecule has 1 saturated heterocycles. The predicted octanol–water partition coefficient (Wildman–Crippen LogP) is 4.77. The third kappa shape index (κ3) is 5.74. The van der Waals surface area contributed by atoms with Gasteiger partial charge >= 0.3 is 0 Å². The largest absolute Gasteiger partial charge is 0.491 e. The van der Waals surface area contributed by atoms with Crippen LogP contribution in [0.3, 0.4) is 0 Å². The molecule has 0 radical (unpaired) electrons. The highest BCUT2D eigenvalue weighted by Crippen LogP contribution is 2.27. The molecule has 1 aliphatic rings. The fourth-order valence-electron chi connectivity index (χ4n) is 4.41. The summed E-state index contributed by atoms with van der Waals surface area (Å²) in [6.07, 6.45) is 3.14. The Kier molecular flexibility index (Phi) is 7.65. The number of amides is 1. The normalized spacial score (nSPS) is 15.9. The highest BCUT2D eigenvalue weighted by atomic mass is 16.5. The zero-order valence-electron chi connectivity index (χ0n) is 20.0. The number of carbonyl (C=O) groups excluding carboxylic acids is 1. The lowest BCUT2D eigenvalue weighted by atomic mass is 10.0. The number of benzene rings is 2. The average molecular weight is 450 g/mol. The number of nitrogens with one attached hydrogen (secondary N) is 1. The van der Waals surface area contributed by atoms with Gasteiger partial charge in [-0.3, -0.25) is 4.79 Å². The minimum Gasteiger partial charge on any atom is -0.491 e. The van der Waals surface area contributed by atoms with Crippen LogP contribution in [0.2, 0.25) is 0 Å². The van der Waals surface area contributed by atoms with Crippen molar-refractivity contribution in [1.82, 2.24) is 14.9 Å². The Morgan fingerprint density at radius 2 is 2.12 bits per heavy atom. The minimum absolute atomic E-state index is 0.00788. The van der Waals surface area contributed by atoms with E-state index in [2.05, 4.69) is 54.9 Å². The molecule has 1 unspecified atom stereocenters. The molecule has 1 atom stereocenters. The summed E-state index contributed by atoms with van der Waals surface area (Å²) in [6, 6.07) is 14.6. The van der Waals surface area contributed by atoms with E-state index in [1.165, 1.54) is 11.1 Å². The molecule has 2 aromatic carbocycles. The number of hydrogen-bond donors (Lipinski definition) is 1. The molecule has 176 valence electrons. The number of nitrogens with zero attached hydrogens (tertiary/aromatic N) is 2. The van der Waals surface area contributed by atoms with Crippen LogP contribution in [-0.2, 0) is 22.5 Å². The van der Waals surface area contributed by atoms with Gasteiger partial charge in [0.2, 0.25) is 5.91 Å². The fourth-order valence-corrected chi connectivity index (χ4v) is 4.41. The highest BCUT2D eigenvalue weighted by molar-refractivity contribution is 5.80. The summed E-state index contributed by atoms with van der Waals surface area (Å²) in [6.45, 7) is 9.09. The van der Waals surface area contributed by atoms with Gasteiger partial charge in [-0.25, -0.2) is 4.98 Å². The zero-order chi connectivity index (χ0) is 23.2. The van der Waals surface area contributed by atoms with Gasteiger partial charge in [0.25, 0.3) is 0 Å². The average Bonchev–Trinajstić information content (AvgIpc) is 3.45. The maximum Gasteiger partial charge on any atom is 0.249 e. The molecule has 6 nitrogen and oxygen atoms in total. The summed E-state index contributed by atoms with van der Waals surface area (Å²) in [5.74, 6) is 2.41. The van der Waals surface area contributed by atoms with Gasteiger partial charge in [-0.2, -0.15) is 0 Å². The number of imidazole rings is 1. The molecule has 1 fully saturated rings. The van der Waals surface area contributed by atoms with Crippen LogP contribution in [0, 0.1) is 6.92 Å². The molecule has 2 heterocycles. The lowest BCUT2D eigenvalue weighted by Gasteiger charge is -2.16. The van der Waals surface area contributed by atoms with Gasteiger partial charge in [-0.15, -0.1) is 0 Å². The van der Waals surface area contributed by atoms with Crippen LogP contribution in [0.5, 0.6) is 5.75 Å². The summed E-state index contributed by atoms with van der Waals surface area (Å²) in [5, 5.41) is 3.01. The van der Waals surface area contributed by atoms with Crippen LogP contribution in [-0.4, -0.2) is 41.3 Å². The molecule has 1 aromatic heterocycles. The fraction of sp³-hybridized carbons (Fsp3) is 0.481. The van der Waals surface area contributed by atoms with Crippen LogP contribution in [0.1, 0.15) is 56.0 Å². The molecular formula is C27H35N3O3. The summed E-state index contributed by atoms with van der Waals surface area (Å²) in [7, 11) is 0. The van der Waals surface area contributed by atoms with Crippen LogP contribution in [0.15, 0.2) is 42.5 Å². The summed E-state index contributed by atoms with van der Waals surface area (Å²) in [4.78, 5) is 17.0. The molecule has 33 heavy (non-hydrogen) atoms. The first-order chi connectivity index (χ1) is 16.0. The van der Waals surface area contributed by atoms with E-state index < -0.39 is 0 Å². The Labute approximate surface area is 196 Å². The number of carbonyl (C=O) groups is 1. The Morgan fingerprint density at radius 3 is 2.91 bits per heavy atom. The van der Waals surface area contributed by atoms with Crippen molar-refractivity contribution in [2.75, 3.05) is 19.8 Å². The SMILES string of the molecule is Cc1ccc(C(C)C)c(OCCn2c(CCCNC(=O)C3CCCO3)nc3ccccc32)c1. The van der Waals surface area contributed by atoms with E-state index >= 15 is 0 Å². The van der Waals surface area contributed by atoms with E-state index in [9.17, 15) is 4.79 Å². The Bertz CT molecular complexity index is 1080. The van der Waals surface area contributed by atoms with Crippen molar-refractivity contribution in [3.8, 4) is 5.75 Å². The van der Waals surface area contributed by atoms with Gasteiger partial charge in [-0.05, 0) is 61.4 Å². The second-order valence-corrected chi connectivity index (χ2v) is 9.11. The molecule has 3 aromatic rings. The van der Waals surface area contributed by atoms with Gasteiger partial charge in [0.15, 0.2) is 0 Å².